The van der Waals surface area contributed by atoms with Crippen LogP contribution in [0.4, 0.5) is 0 Å². The first-order chi connectivity index (χ1) is 6.41. The van der Waals surface area contributed by atoms with E-state index in [-0.39, 0.29) is 12.0 Å². The second kappa shape index (κ2) is 5.61. The van der Waals surface area contributed by atoms with Crippen molar-refractivity contribution in [1.82, 2.24) is 5.32 Å². The first-order valence-corrected chi connectivity index (χ1v) is 4.66. The van der Waals surface area contributed by atoms with Crippen molar-refractivity contribution in [2.75, 3.05) is 7.11 Å². The van der Waals surface area contributed by atoms with E-state index >= 15 is 0 Å². The molecule has 1 atom stereocenters. The maximum atomic E-state index is 11.3. The Balaban J connectivity index is 3.84. The van der Waals surface area contributed by atoms with E-state index in [0.717, 1.165) is 0 Å². The summed E-state index contributed by atoms with van der Waals surface area (Å²) in [7, 11) is 1.61. The van der Waals surface area contributed by atoms with Crippen LogP contribution in [0.1, 0.15) is 33.6 Å². The lowest BCUT2D eigenvalue weighted by Gasteiger charge is -2.18. The van der Waals surface area contributed by atoms with Gasteiger partial charge in [0.25, 0.3) is 0 Å². The number of carbonyl (C=O) groups excluding carboxylic acids is 1. The van der Waals surface area contributed by atoms with Crippen LogP contribution in [-0.2, 0) is 9.53 Å². The van der Waals surface area contributed by atoms with E-state index in [1.807, 2.05) is 13.0 Å². The molecule has 14 heavy (non-hydrogen) atoms. The summed E-state index contributed by atoms with van der Waals surface area (Å²) >= 11 is 0. The molecular formula is C10H18N2O2. The van der Waals surface area contributed by atoms with Crippen molar-refractivity contribution in [2.45, 2.75) is 45.3 Å². The van der Waals surface area contributed by atoms with Crippen molar-refractivity contribution in [1.29, 1.82) is 5.26 Å². The predicted octanol–water partition coefficient (Wildman–Crippen LogP) is 1.22. The lowest BCUT2D eigenvalue weighted by molar-refractivity contribution is -0.122. The zero-order valence-corrected chi connectivity index (χ0v) is 9.26. The molecule has 0 aromatic rings. The van der Waals surface area contributed by atoms with Crippen molar-refractivity contribution in [3.63, 3.8) is 0 Å². The van der Waals surface area contributed by atoms with E-state index in [9.17, 15) is 4.79 Å². The third kappa shape index (κ3) is 5.55. The number of hydrogen-bond acceptors (Lipinski definition) is 3. The largest absolute Gasteiger partial charge is 0.382 e. The fraction of sp³-hybridized carbons (Fsp3) is 0.800. The molecule has 0 spiro atoms. The molecule has 0 rings (SSSR count). The Morgan fingerprint density at radius 1 is 1.64 bits per heavy atom. The van der Waals surface area contributed by atoms with Crippen molar-refractivity contribution < 1.29 is 9.53 Å². The SMILES string of the molecule is COC(C)CCC(=O)NC(C)(C)C#N. The van der Waals surface area contributed by atoms with Gasteiger partial charge in [-0.25, -0.2) is 0 Å². The average molecular weight is 198 g/mol. The molecule has 0 fully saturated rings. The van der Waals surface area contributed by atoms with Gasteiger partial charge in [-0.05, 0) is 27.2 Å². The molecule has 0 aliphatic heterocycles. The van der Waals surface area contributed by atoms with Gasteiger partial charge in [0.05, 0.1) is 12.2 Å². The number of nitriles is 1. The van der Waals surface area contributed by atoms with Crippen LogP contribution >= 0.6 is 0 Å². The van der Waals surface area contributed by atoms with Crippen LogP contribution in [0.3, 0.4) is 0 Å². The smallest absolute Gasteiger partial charge is 0.221 e. The Morgan fingerprint density at radius 3 is 2.64 bits per heavy atom. The van der Waals surface area contributed by atoms with E-state index < -0.39 is 5.54 Å². The molecule has 80 valence electrons. The van der Waals surface area contributed by atoms with Crippen LogP contribution in [0.2, 0.25) is 0 Å². The van der Waals surface area contributed by atoms with E-state index in [1.165, 1.54) is 0 Å². The lowest BCUT2D eigenvalue weighted by Crippen LogP contribution is -2.42. The fourth-order valence-corrected chi connectivity index (χ4v) is 0.891. The Kier molecular flexibility index (Phi) is 5.18. The summed E-state index contributed by atoms with van der Waals surface area (Å²) in [4.78, 5) is 11.3. The molecule has 0 aliphatic carbocycles. The molecule has 0 heterocycles. The highest BCUT2D eigenvalue weighted by Gasteiger charge is 2.19. The van der Waals surface area contributed by atoms with Crippen LogP contribution in [0.5, 0.6) is 0 Å². The number of nitrogens with zero attached hydrogens (tertiary/aromatic N) is 1. The van der Waals surface area contributed by atoms with Gasteiger partial charge < -0.3 is 10.1 Å². The summed E-state index contributed by atoms with van der Waals surface area (Å²) in [5, 5.41) is 11.3. The van der Waals surface area contributed by atoms with Crippen LogP contribution < -0.4 is 5.32 Å². The normalized spacial score (nSPS) is 13.1. The Hall–Kier alpha value is -1.08. The fourth-order valence-electron chi connectivity index (χ4n) is 0.891. The maximum Gasteiger partial charge on any atom is 0.221 e. The van der Waals surface area contributed by atoms with E-state index in [1.54, 1.807) is 21.0 Å². The molecule has 4 heteroatoms. The van der Waals surface area contributed by atoms with Gasteiger partial charge in [-0.3, -0.25) is 4.79 Å². The summed E-state index contributed by atoms with van der Waals surface area (Å²) in [5.41, 5.74) is -0.784. The highest BCUT2D eigenvalue weighted by molar-refractivity contribution is 5.77. The monoisotopic (exact) mass is 198 g/mol. The van der Waals surface area contributed by atoms with Crippen molar-refractivity contribution in [3.05, 3.63) is 0 Å². The van der Waals surface area contributed by atoms with Crippen LogP contribution in [0.15, 0.2) is 0 Å². The lowest BCUT2D eigenvalue weighted by atomic mass is 10.1. The molecule has 4 nitrogen and oxygen atoms in total. The Labute approximate surface area is 85.2 Å². The summed E-state index contributed by atoms with van der Waals surface area (Å²) in [6.07, 6.45) is 1.13. The molecule has 0 aliphatic rings. The van der Waals surface area contributed by atoms with E-state index in [4.69, 9.17) is 10.00 Å². The highest BCUT2D eigenvalue weighted by Crippen LogP contribution is 2.03. The quantitative estimate of drug-likeness (QED) is 0.722. The molecular weight excluding hydrogens is 180 g/mol. The Morgan fingerprint density at radius 2 is 2.21 bits per heavy atom. The summed E-state index contributed by atoms with van der Waals surface area (Å²) < 4.78 is 5.01. The maximum absolute atomic E-state index is 11.3. The number of ether oxygens (including phenoxy) is 1. The first-order valence-electron chi connectivity index (χ1n) is 4.66. The molecule has 0 saturated carbocycles. The molecule has 0 bridgehead atoms. The number of amides is 1. The topological polar surface area (TPSA) is 62.1 Å². The van der Waals surface area contributed by atoms with Crippen molar-refractivity contribution >= 4 is 5.91 Å². The predicted molar refractivity (Wildman–Crippen MR) is 53.5 cm³/mol. The van der Waals surface area contributed by atoms with Gasteiger partial charge in [0, 0.05) is 13.5 Å². The first kappa shape index (κ1) is 12.9. The molecule has 0 aromatic heterocycles. The molecule has 1 unspecified atom stereocenters. The third-order valence-corrected chi connectivity index (χ3v) is 1.91. The zero-order valence-electron chi connectivity index (χ0n) is 9.26. The minimum atomic E-state index is -0.784. The second-order valence-corrected chi connectivity index (χ2v) is 3.87. The number of methoxy groups -OCH3 is 1. The number of hydrogen-bond donors (Lipinski definition) is 1. The minimum absolute atomic E-state index is 0.0750. The van der Waals surface area contributed by atoms with Gasteiger partial charge in [-0.2, -0.15) is 5.26 Å². The number of nitrogens with one attached hydrogen (secondary N) is 1. The van der Waals surface area contributed by atoms with Gasteiger partial charge in [0.1, 0.15) is 5.54 Å². The molecule has 0 radical (unpaired) electrons. The van der Waals surface area contributed by atoms with Crippen molar-refractivity contribution in [2.24, 2.45) is 0 Å². The number of carbonyl (C=O) groups is 1. The third-order valence-electron chi connectivity index (χ3n) is 1.91. The van der Waals surface area contributed by atoms with E-state index in [0.29, 0.717) is 12.8 Å². The summed E-state index contributed by atoms with van der Waals surface area (Å²) in [6, 6.07) is 2.01. The van der Waals surface area contributed by atoms with Crippen LogP contribution in [-0.4, -0.2) is 24.7 Å². The zero-order chi connectivity index (χ0) is 11.2. The molecule has 0 saturated heterocycles. The standard InChI is InChI=1S/C10H18N2O2/c1-8(14-4)5-6-9(13)12-10(2,3)7-11/h8H,5-6H2,1-4H3,(H,12,13). The van der Waals surface area contributed by atoms with Crippen LogP contribution in [0, 0.1) is 11.3 Å². The van der Waals surface area contributed by atoms with Gasteiger partial charge >= 0.3 is 0 Å². The second-order valence-electron chi connectivity index (χ2n) is 3.87. The highest BCUT2D eigenvalue weighted by atomic mass is 16.5. The van der Waals surface area contributed by atoms with E-state index in [2.05, 4.69) is 5.32 Å². The molecule has 1 N–H and O–H groups in total. The minimum Gasteiger partial charge on any atom is -0.382 e. The Bertz CT molecular complexity index is 231. The number of rotatable bonds is 5. The van der Waals surface area contributed by atoms with Crippen LogP contribution in [0.25, 0.3) is 0 Å². The van der Waals surface area contributed by atoms with Crippen molar-refractivity contribution in [3.8, 4) is 6.07 Å². The molecule has 1 amide bonds. The summed E-state index contributed by atoms with van der Waals surface area (Å²) in [6.45, 7) is 5.25. The van der Waals surface area contributed by atoms with Gasteiger partial charge in [0.2, 0.25) is 5.91 Å². The molecule has 0 aromatic carbocycles. The van der Waals surface area contributed by atoms with Gasteiger partial charge in [0.15, 0.2) is 0 Å². The van der Waals surface area contributed by atoms with Gasteiger partial charge in [-0.15, -0.1) is 0 Å². The summed E-state index contributed by atoms with van der Waals surface area (Å²) in [5.74, 6) is -0.111. The van der Waals surface area contributed by atoms with Gasteiger partial charge in [-0.1, -0.05) is 0 Å². The average Bonchev–Trinajstić information content (AvgIpc) is 2.13.